The zero-order valence-electron chi connectivity index (χ0n) is 35.5. The van der Waals surface area contributed by atoms with Gasteiger partial charge in [-0.1, -0.05) is 69.6 Å². The van der Waals surface area contributed by atoms with Gasteiger partial charge in [0, 0.05) is 23.3 Å². The molecule has 55 heavy (non-hydrogen) atoms. The first-order valence-electron chi connectivity index (χ1n) is 18.7. The van der Waals surface area contributed by atoms with Crippen molar-refractivity contribution in [3.63, 3.8) is 0 Å². The molecule has 0 fully saturated rings. The minimum absolute atomic E-state index is 0.00918. The number of hydrogen-bond donors (Lipinski definition) is 0. The van der Waals surface area contributed by atoms with Crippen LogP contribution in [0.25, 0.3) is 22.5 Å². The number of carbonyl (C=O) groups excluding carboxylic acids is 1. The van der Waals surface area contributed by atoms with Crippen LogP contribution in [0.4, 0.5) is 0 Å². The van der Waals surface area contributed by atoms with Gasteiger partial charge in [-0.2, -0.15) is 0 Å². The van der Waals surface area contributed by atoms with E-state index in [0.29, 0.717) is 13.6 Å². The van der Waals surface area contributed by atoms with E-state index in [1.54, 1.807) is 0 Å². The molecule has 0 saturated heterocycles. The summed E-state index contributed by atoms with van der Waals surface area (Å²) < 4.78 is 33.5. The Morgan fingerprint density at radius 2 is 1.20 bits per heavy atom. The molecule has 0 amide bonds. The fraction of sp³-hybridized carbons (Fsp3) is 0.512. The minimum atomic E-state index is -1.91. The zero-order valence-corrected chi connectivity index (χ0v) is 39.1. The van der Waals surface area contributed by atoms with Crippen molar-refractivity contribution in [2.75, 3.05) is 7.11 Å². The van der Waals surface area contributed by atoms with Crippen molar-refractivity contribution in [1.29, 1.82) is 0 Å². The molecule has 0 spiro atoms. The van der Waals surface area contributed by atoms with E-state index >= 15 is 0 Å². The molecule has 2 aromatic carbocycles. The summed E-state index contributed by atoms with van der Waals surface area (Å²) in [5.74, 6) is 1.40. The SMILES string of the molecule is CC(O[Si](C)(C)C(C)(C)C)c1nc(-c2ccc(Br)cc2)cn1C.COC(=O)C(Cc1ccc(-c2cn(C)c(C(C)O[Si](C)(C)C(C)(C)C)n2)cc1)N=CB=O. The standard InChI is InChI=1S/C23H34BN3O4Si.C18H27BrN2OSi/c1-16(31-32(7,8)23(2,3)4)21-26-20(14-27(21)5)18-11-9-17(10-12-18)13-19(22(28)30-6)25-15-24-29;1-13(22-23(6,7)18(2,3)4)17-20-16(12-21(17)5)14-8-10-15(19)11-9-14/h9-12,14-16,19H,13H2,1-8H3;8-13H,1-7H3. The number of hydrogen-bond acceptors (Lipinski definition) is 8. The van der Waals surface area contributed by atoms with Crippen molar-refractivity contribution in [3.05, 3.63) is 82.6 Å². The third kappa shape index (κ3) is 12.3. The molecule has 0 aliphatic heterocycles. The van der Waals surface area contributed by atoms with Gasteiger partial charge >= 0.3 is 134 Å². The Kier molecular flexibility index (Phi) is 15.7. The first-order chi connectivity index (χ1) is 25.4. The molecular formula is C41H61BBrN5O5Si2. The van der Waals surface area contributed by atoms with Gasteiger partial charge in [-0.15, -0.1) is 0 Å². The molecule has 0 saturated carbocycles. The van der Waals surface area contributed by atoms with Gasteiger partial charge in [-0.05, 0) is 62.2 Å². The van der Waals surface area contributed by atoms with Gasteiger partial charge < -0.3 is 13.4 Å². The fourth-order valence-corrected chi connectivity index (χ4v) is 8.42. The predicted octanol–water partition coefficient (Wildman–Crippen LogP) is 10.3. The van der Waals surface area contributed by atoms with Crippen LogP contribution in [-0.4, -0.2) is 68.1 Å². The second kappa shape index (κ2) is 18.8. The molecule has 3 atom stereocenters. The van der Waals surface area contributed by atoms with E-state index < -0.39 is 28.6 Å². The van der Waals surface area contributed by atoms with Crippen molar-refractivity contribution in [2.24, 2.45) is 19.1 Å². The van der Waals surface area contributed by atoms with Crippen molar-refractivity contribution in [1.82, 2.24) is 19.1 Å². The molecule has 0 N–H and O–H groups in total. The van der Waals surface area contributed by atoms with Gasteiger partial charge in [-0.25, -0.2) is 4.98 Å². The second-order valence-electron chi connectivity index (χ2n) is 17.1. The number of benzene rings is 2. The van der Waals surface area contributed by atoms with Crippen LogP contribution in [0, 0.1) is 0 Å². The molecule has 2 heterocycles. The number of rotatable bonds is 13. The van der Waals surface area contributed by atoms with Crippen LogP contribution in [0.3, 0.4) is 0 Å². The van der Waals surface area contributed by atoms with Crippen molar-refractivity contribution in [3.8, 4) is 22.5 Å². The van der Waals surface area contributed by atoms with E-state index in [-0.39, 0.29) is 22.3 Å². The average molecular weight is 851 g/mol. The molecule has 10 nitrogen and oxygen atoms in total. The quantitative estimate of drug-likeness (QED) is 0.0748. The number of methoxy groups -OCH3 is 1. The number of halogens is 1. The topological polar surface area (TPSA) is 110 Å². The molecule has 298 valence electrons. The molecule has 4 rings (SSSR count). The Balaban J connectivity index is 0.000000311. The van der Waals surface area contributed by atoms with Gasteiger partial charge in [0.2, 0.25) is 0 Å². The molecular weight excluding hydrogens is 789 g/mol. The van der Waals surface area contributed by atoms with Crippen molar-refractivity contribution >= 4 is 51.8 Å². The summed E-state index contributed by atoms with van der Waals surface area (Å²) in [5, 5.41) is 0.323. The molecule has 0 radical (unpaired) electrons. The molecule has 2 aromatic heterocycles. The van der Waals surface area contributed by atoms with Gasteiger partial charge in [0.15, 0.2) is 16.6 Å². The third-order valence-electron chi connectivity index (χ3n) is 10.7. The Hall–Kier alpha value is -3.30. The van der Waals surface area contributed by atoms with Crippen molar-refractivity contribution < 1.29 is 23.1 Å². The number of aryl methyl sites for hydroxylation is 2. The molecule has 0 aliphatic rings. The van der Waals surface area contributed by atoms with E-state index in [0.717, 1.165) is 50.3 Å². The number of nitrogens with zero attached hydrogens (tertiary/aromatic N) is 5. The van der Waals surface area contributed by atoms with Crippen LogP contribution in [0.1, 0.15) is 84.8 Å². The maximum absolute atomic E-state index is 11.9. The van der Waals surface area contributed by atoms with Gasteiger partial charge in [0.05, 0.1) is 5.69 Å². The number of carbonyl (C=O) groups is 1. The Morgan fingerprint density at radius 3 is 1.56 bits per heavy atom. The van der Waals surface area contributed by atoms with E-state index in [2.05, 4.69) is 125 Å². The Morgan fingerprint density at radius 1 is 0.800 bits per heavy atom. The Labute approximate surface area is 340 Å². The maximum atomic E-state index is 11.9. The summed E-state index contributed by atoms with van der Waals surface area (Å²) in [6.07, 6.45) is 5.39. The van der Waals surface area contributed by atoms with Crippen LogP contribution in [0.15, 0.2) is 70.4 Å². The number of ether oxygens (including phenoxy) is 1. The summed E-state index contributed by atoms with van der Waals surface area (Å²) in [6.45, 7) is 26.7. The molecule has 3 unspecified atom stereocenters. The number of imidazole rings is 2. The second-order valence-corrected chi connectivity index (χ2v) is 27.5. The summed E-state index contributed by atoms with van der Waals surface area (Å²) in [5.41, 5.74) is 4.86. The third-order valence-corrected chi connectivity index (χ3v) is 20.4. The number of aliphatic imine (C=N–C) groups is 1. The predicted molar refractivity (Wildman–Crippen MR) is 233 cm³/mol. The summed E-state index contributed by atoms with van der Waals surface area (Å²) in [7, 11) is 2.16. The van der Waals surface area contributed by atoms with E-state index in [1.165, 1.54) is 7.11 Å². The number of esters is 1. The van der Waals surface area contributed by atoms with E-state index in [4.69, 9.17) is 23.6 Å². The first kappa shape index (κ1) is 46.1. The van der Waals surface area contributed by atoms with E-state index in [1.807, 2.05) is 61.3 Å². The number of aromatic nitrogens is 4. The van der Waals surface area contributed by atoms with Gasteiger partial charge in [0.25, 0.3) is 0 Å². The van der Waals surface area contributed by atoms with Gasteiger partial charge in [0.1, 0.15) is 11.9 Å². The van der Waals surface area contributed by atoms with Crippen LogP contribution < -0.4 is 0 Å². The molecule has 4 aromatic rings. The zero-order chi connectivity index (χ0) is 41.5. The van der Waals surface area contributed by atoms with Crippen LogP contribution in [0.5, 0.6) is 0 Å². The van der Waals surface area contributed by atoms with Crippen LogP contribution >= 0.6 is 15.9 Å². The molecule has 0 bridgehead atoms. The Bertz CT molecular complexity index is 1910. The molecule has 14 heteroatoms. The monoisotopic (exact) mass is 849 g/mol. The van der Waals surface area contributed by atoms with Crippen molar-refractivity contribution in [2.45, 2.75) is 116 Å². The van der Waals surface area contributed by atoms with Crippen LogP contribution in [0.2, 0.25) is 36.3 Å². The summed E-state index contributed by atoms with van der Waals surface area (Å²) in [6, 6.07) is 15.3. The normalized spacial score (nSPS) is 14.2. The van der Waals surface area contributed by atoms with Gasteiger partial charge in [-0.3, -0.25) is 0 Å². The first-order valence-corrected chi connectivity index (χ1v) is 25.3. The molecule has 0 aliphatic carbocycles. The summed E-state index contributed by atoms with van der Waals surface area (Å²) in [4.78, 5) is 25.5. The van der Waals surface area contributed by atoms with Crippen LogP contribution in [-0.2, 0) is 43.6 Å². The average Bonchev–Trinajstić information content (AvgIpc) is 3.68. The fourth-order valence-electron chi connectivity index (χ4n) is 5.47. The summed E-state index contributed by atoms with van der Waals surface area (Å²) >= 11 is 3.47. The van der Waals surface area contributed by atoms with E-state index in [9.17, 15) is 9.50 Å².